The van der Waals surface area contributed by atoms with Crippen molar-refractivity contribution in [3.05, 3.63) is 18.0 Å². The van der Waals surface area contributed by atoms with E-state index in [0.29, 0.717) is 19.6 Å². The molecule has 2 rings (SSSR count). The van der Waals surface area contributed by atoms with Gasteiger partial charge in [0.1, 0.15) is 5.60 Å². The van der Waals surface area contributed by atoms with Crippen molar-refractivity contribution in [3.8, 4) is 0 Å². The van der Waals surface area contributed by atoms with E-state index in [-0.39, 0.29) is 12.1 Å². The first-order chi connectivity index (χ1) is 7.62. The molecule has 3 unspecified atom stereocenters. The van der Waals surface area contributed by atoms with Crippen LogP contribution in [-0.4, -0.2) is 40.2 Å². The number of aromatic nitrogens is 2. The Bertz CT molecular complexity index is 328. The molecule has 1 aliphatic heterocycles. The lowest BCUT2D eigenvalue weighted by Crippen LogP contribution is -2.46. The summed E-state index contributed by atoms with van der Waals surface area (Å²) in [5, 5.41) is 20.4. The fourth-order valence-corrected chi connectivity index (χ4v) is 1.95. The number of ether oxygens (including phenoxy) is 1. The van der Waals surface area contributed by atoms with Gasteiger partial charge in [0.2, 0.25) is 0 Å². The number of aromatic amines is 1. The molecule has 0 aliphatic carbocycles. The predicted molar refractivity (Wildman–Crippen MR) is 60.0 cm³/mol. The Morgan fingerprint density at radius 1 is 1.81 bits per heavy atom. The molecule has 0 amide bonds. The summed E-state index contributed by atoms with van der Waals surface area (Å²) in [6.07, 6.45) is 2.31. The Morgan fingerprint density at radius 2 is 2.62 bits per heavy atom. The average molecular weight is 225 g/mol. The number of nitrogens with zero attached hydrogens (tertiary/aromatic N) is 1. The number of rotatable bonds is 4. The lowest BCUT2D eigenvalue weighted by molar-refractivity contribution is -0.0275. The number of hydrogen-bond acceptors (Lipinski definition) is 4. The molecule has 0 saturated carbocycles. The smallest absolute Gasteiger partial charge is 0.105 e. The standard InChI is InChI=1S/C11H19N3O2/c1-8(10-3-5-13-14-10)12-7-11(15)4-6-16-9(11)2/h3,5,8-9,12,15H,4,6-7H2,1-2H3,(H,13,14). The second-order valence-electron chi connectivity index (χ2n) is 4.48. The number of hydrogen-bond donors (Lipinski definition) is 3. The van der Waals surface area contributed by atoms with Crippen molar-refractivity contribution >= 4 is 0 Å². The Balaban J connectivity index is 1.87. The highest BCUT2D eigenvalue weighted by atomic mass is 16.5. The lowest BCUT2D eigenvalue weighted by atomic mass is 9.96. The molecule has 1 saturated heterocycles. The van der Waals surface area contributed by atoms with Gasteiger partial charge in [-0.15, -0.1) is 0 Å². The van der Waals surface area contributed by atoms with Gasteiger partial charge in [-0.25, -0.2) is 0 Å². The molecule has 16 heavy (non-hydrogen) atoms. The van der Waals surface area contributed by atoms with Crippen LogP contribution in [-0.2, 0) is 4.74 Å². The summed E-state index contributed by atoms with van der Waals surface area (Å²) in [4.78, 5) is 0. The Morgan fingerprint density at radius 3 is 3.19 bits per heavy atom. The summed E-state index contributed by atoms with van der Waals surface area (Å²) < 4.78 is 5.38. The Kier molecular flexibility index (Phi) is 3.28. The van der Waals surface area contributed by atoms with E-state index >= 15 is 0 Å². The first kappa shape index (κ1) is 11.6. The minimum absolute atomic E-state index is 0.103. The van der Waals surface area contributed by atoms with Crippen LogP contribution in [0.15, 0.2) is 12.3 Å². The molecule has 1 aromatic heterocycles. The zero-order valence-electron chi connectivity index (χ0n) is 9.73. The van der Waals surface area contributed by atoms with Crippen LogP contribution in [0, 0.1) is 0 Å². The van der Waals surface area contributed by atoms with Gasteiger partial charge in [0, 0.05) is 31.8 Å². The van der Waals surface area contributed by atoms with Crippen molar-refractivity contribution in [1.82, 2.24) is 15.5 Å². The van der Waals surface area contributed by atoms with Crippen LogP contribution in [0.4, 0.5) is 0 Å². The highest BCUT2D eigenvalue weighted by Gasteiger charge is 2.39. The van der Waals surface area contributed by atoms with E-state index in [1.54, 1.807) is 6.20 Å². The third kappa shape index (κ3) is 2.26. The van der Waals surface area contributed by atoms with E-state index in [4.69, 9.17) is 4.74 Å². The van der Waals surface area contributed by atoms with Crippen molar-refractivity contribution < 1.29 is 9.84 Å². The summed E-state index contributed by atoms with van der Waals surface area (Å²) in [6.45, 7) is 5.12. The molecule has 1 aromatic rings. The molecule has 1 aliphatic rings. The maximum Gasteiger partial charge on any atom is 0.105 e. The van der Waals surface area contributed by atoms with Gasteiger partial charge in [-0.2, -0.15) is 5.10 Å². The van der Waals surface area contributed by atoms with Crippen molar-refractivity contribution in [2.75, 3.05) is 13.2 Å². The van der Waals surface area contributed by atoms with Crippen LogP contribution in [0.5, 0.6) is 0 Å². The molecular weight excluding hydrogens is 206 g/mol. The van der Waals surface area contributed by atoms with Gasteiger partial charge in [0.05, 0.1) is 11.8 Å². The molecule has 0 aromatic carbocycles. The minimum atomic E-state index is -0.742. The quantitative estimate of drug-likeness (QED) is 0.702. The normalized spacial score (nSPS) is 31.8. The van der Waals surface area contributed by atoms with Crippen molar-refractivity contribution in [2.24, 2.45) is 0 Å². The molecule has 1 fully saturated rings. The van der Waals surface area contributed by atoms with E-state index in [1.807, 2.05) is 19.9 Å². The molecule has 2 heterocycles. The zero-order chi connectivity index (χ0) is 11.6. The summed E-state index contributed by atoms with van der Waals surface area (Å²) in [5.74, 6) is 0. The van der Waals surface area contributed by atoms with Gasteiger partial charge < -0.3 is 15.2 Å². The molecule has 90 valence electrons. The highest BCUT2D eigenvalue weighted by molar-refractivity contribution is 5.04. The fraction of sp³-hybridized carbons (Fsp3) is 0.727. The van der Waals surface area contributed by atoms with Crippen LogP contribution < -0.4 is 5.32 Å². The SMILES string of the molecule is CC(NCC1(O)CCOC1C)c1ccn[nH]1. The van der Waals surface area contributed by atoms with Crippen LogP contribution in [0.1, 0.15) is 32.0 Å². The largest absolute Gasteiger partial charge is 0.386 e. The first-order valence-corrected chi connectivity index (χ1v) is 5.68. The predicted octanol–water partition coefficient (Wildman–Crippen LogP) is 0.600. The summed E-state index contributed by atoms with van der Waals surface area (Å²) in [6, 6.07) is 2.08. The van der Waals surface area contributed by atoms with Gasteiger partial charge in [-0.1, -0.05) is 0 Å². The highest BCUT2D eigenvalue weighted by Crippen LogP contribution is 2.25. The molecule has 0 radical (unpaired) electrons. The van der Waals surface area contributed by atoms with Crippen LogP contribution in [0.2, 0.25) is 0 Å². The van der Waals surface area contributed by atoms with Gasteiger partial charge in [-0.3, -0.25) is 5.10 Å². The van der Waals surface area contributed by atoms with E-state index < -0.39 is 5.60 Å². The van der Waals surface area contributed by atoms with E-state index in [2.05, 4.69) is 15.5 Å². The third-order valence-corrected chi connectivity index (χ3v) is 3.36. The summed E-state index contributed by atoms with van der Waals surface area (Å²) in [7, 11) is 0. The fourth-order valence-electron chi connectivity index (χ4n) is 1.95. The molecule has 0 spiro atoms. The number of nitrogens with one attached hydrogen (secondary N) is 2. The van der Waals surface area contributed by atoms with Crippen molar-refractivity contribution in [3.63, 3.8) is 0 Å². The van der Waals surface area contributed by atoms with Crippen LogP contribution >= 0.6 is 0 Å². The molecule has 3 atom stereocenters. The number of aliphatic hydroxyl groups is 1. The third-order valence-electron chi connectivity index (χ3n) is 3.36. The van der Waals surface area contributed by atoms with Gasteiger partial charge in [0.15, 0.2) is 0 Å². The van der Waals surface area contributed by atoms with E-state index in [9.17, 15) is 5.11 Å². The zero-order valence-corrected chi connectivity index (χ0v) is 9.73. The summed E-state index contributed by atoms with van der Waals surface area (Å²) in [5.41, 5.74) is 0.282. The molecule has 5 heteroatoms. The number of H-pyrrole nitrogens is 1. The molecule has 5 nitrogen and oxygen atoms in total. The molecular formula is C11H19N3O2. The molecule has 3 N–H and O–H groups in total. The van der Waals surface area contributed by atoms with E-state index in [0.717, 1.165) is 5.69 Å². The minimum Gasteiger partial charge on any atom is -0.386 e. The maximum atomic E-state index is 10.3. The van der Waals surface area contributed by atoms with Gasteiger partial charge >= 0.3 is 0 Å². The maximum absolute atomic E-state index is 10.3. The average Bonchev–Trinajstić information content (AvgIpc) is 2.87. The second-order valence-corrected chi connectivity index (χ2v) is 4.48. The van der Waals surface area contributed by atoms with Crippen molar-refractivity contribution in [1.29, 1.82) is 0 Å². The second kappa shape index (κ2) is 4.53. The first-order valence-electron chi connectivity index (χ1n) is 5.68. The Hall–Kier alpha value is -0.910. The Labute approximate surface area is 95.2 Å². The van der Waals surface area contributed by atoms with Crippen LogP contribution in [0.3, 0.4) is 0 Å². The van der Waals surface area contributed by atoms with Crippen LogP contribution in [0.25, 0.3) is 0 Å². The molecule has 0 bridgehead atoms. The monoisotopic (exact) mass is 225 g/mol. The topological polar surface area (TPSA) is 70.2 Å². The van der Waals surface area contributed by atoms with Gasteiger partial charge in [-0.05, 0) is 19.9 Å². The summed E-state index contributed by atoms with van der Waals surface area (Å²) >= 11 is 0. The van der Waals surface area contributed by atoms with E-state index in [1.165, 1.54) is 0 Å². The van der Waals surface area contributed by atoms with Crippen molar-refractivity contribution in [2.45, 2.75) is 38.0 Å². The van der Waals surface area contributed by atoms with Gasteiger partial charge in [0.25, 0.3) is 0 Å². The lowest BCUT2D eigenvalue weighted by Gasteiger charge is -2.27.